The predicted octanol–water partition coefficient (Wildman–Crippen LogP) is 4.03. The van der Waals surface area contributed by atoms with E-state index in [-0.39, 0.29) is 5.54 Å². The van der Waals surface area contributed by atoms with Gasteiger partial charge in [0.2, 0.25) is 0 Å². The average molecular weight is 280 g/mol. The third-order valence-corrected chi connectivity index (χ3v) is 3.82. The molecule has 0 amide bonds. The minimum Gasteiger partial charge on any atom is -0.456 e. The van der Waals surface area contributed by atoms with Crippen LogP contribution in [0.5, 0.6) is 11.5 Å². The van der Waals surface area contributed by atoms with Crippen LogP contribution in [0.2, 0.25) is 0 Å². The zero-order chi connectivity index (χ0) is 14.5. The van der Waals surface area contributed by atoms with Gasteiger partial charge in [-0.1, -0.05) is 30.4 Å². The number of nitrogens with zero attached hydrogens (tertiary/aromatic N) is 1. The lowest BCUT2D eigenvalue weighted by Gasteiger charge is -2.39. The molecule has 1 fully saturated rings. The summed E-state index contributed by atoms with van der Waals surface area (Å²) >= 11 is 0. The van der Waals surface area contributed by atoms with Crippen molar-refractivity contribution in [2.45, 2.75) is 25.3 Å². The van der Waals surface area contributed by atoms with Crippen molar-refractivity contribution in [2.24, 2.45) is 0 Å². The lowest BCUT2D eigenvalue weighted by molar-refractivity contribution is 0.236. The Bertz CT molecular complexity index is 618. The van der Waals surface area contributed by atoms with Crippen LogP contribution in [-0.4, -0.2) is 17.1 Å². The molecule has 1 aliphatic heterocycles. The van der Waals surface area contributed by atoms with Crippen molar-refractivity contribution < 1.29 is 4.74 Å². The summed E-state index contributed by atoms with van der Waals surface area (Å²) in [6.07, 6.45) is 10.2. The lowest BCUT2D eigenvalue weighted by Crippen LogP contribution is -2.54. The molecule has 2 heterocycles. The molecule has 0 bridgehead atoms. The molecule has 1 aromatic carbocycles. The second kappa shape index (κ2) is 6.10. The molecule has 3 nitrogen and oxygen atoms in total. The summed E-state index contributed by atoms with van der Waals surface area (Å²) in [5.41, 5.74) is 1.34. The summed E-state index contributed by atoms with van der Waals surface area (Å²) in [7, 11) is 0. The van der Waals surface area contributed by atoms with Crippen LogP contribution >= 0.6 is 0 Å². The summed E-state index contributed by atoms with van der Waals surface area (Å²) in [5.74, 6) is 1.59. The number of hydrogen-bond acceptors (Lipinski definition) is 3. The summed E-state index contributed by atoms with van der Waals surface area (Å²) in [6, 6.07) is 11.8. The third kappa shape index (κ3) is 3.70. The molecule has 21 heavy (non-hydrogen) atoms. The molecule has 2 aromatic rings. The zero-order valence-electron chi connectivity index (χ0n) is 12.3. The quantitative estimate of drug-likeness (QED) is 0.898. The normalized spacial score (nSPS) is 21.2. The molecule has 0 spiro atoms. The molecule has 1 unspecified atom stereocenters. The number of nitrogens with one attached hydrogen (secondary N) is 1. The highest BCUT2D eigenvalue weighted by Gasteiger charge is 2.28. The van der Waals surface area contributed by atoms with Gasteiger partial charge in [0.05, 0.1) is 6.20 Å². The van der Waals surface area contributed by atoms with Gasteiger partial charge in [-0.2, -0.15) is 0 Å². The minimum absolute atomic E-state index is 0.280. The van der Waals surface area contributed by atoms with E-state index in [1.54, 1.807) is 6.20 Å². The first-order valence-electron chi connectivity index (χ1n) is 7.33. The smallest absolute Gasteiger partial charge is 0.146 e. The topological polar surface area (TPSA) is 34.1 Å². The van der Waals surface area contributed by atoms with Gasteiger partial charge in [0.1, 0.15) is 11.5 Å². The highest BCUT2D eigenvalue weighted by Crippen LogP contribution is 2.24. The molecule has 1 saturated heterocycles. The molecular formula is C18H20N2O. The molecule has 3 rings (SSSR count). The van der Waals surface area contributed by atoms with E-state index >= 15 is 0 Å². The Morgan fingerprint density at radius 2 is 2.05 bits per heavy atom. The van der Waals surface area contributed by atoms with Crippen molar-refractivity contribution in [3.05, 3.63) is 60.4 Å². The second-order valence-corrected chi connectivity index (χ2v) is 5.71. The van der Waals surface area contributed by atoms with Crippen molar-refractivity contribution >= 4 is 6.08 Å². The molecule has 0 aliphatic carbocycles. The van der Waals surface area contributed by atoms with E-state index in [4.69, 9.17) is 4.74 Å². The highest BCUT2D eigenvalue weighted by molar-refractivity contribution is 5.50. The summed E-state index contributed by atoms with van der Waals surface area (Å²) in [4.78, 5) is 4.24. The number of para-hydroxylation sites is 1. The van der Waals surface area contributed by atoms with E-state index in [9.17, 15) is 0 Å². The molecule has 0 radical (unpaired) electrons. The van der Waals surface area contributed by atoms with Crippen LogP contribution in [0.25, 0.3) is 6.08 Å². The maximum atomic E-state index is 5.79. The molecule has 3 heteroatoms. The predicted molar refractivity (Wildman–Crippen MR) is 85.4 cm³/mol. The molecule has 1 aromatic heterocycles. The van der Waals surface area contributed by atoms with Gasteiger partial charge in [0.25, 0.3) is 0 Å². The van der Waals surface area contributed by atoms with E-state index < -0.39 is 0 Å². The van der Waals surface area contributed by atoms with Crippen LogP contribution in [0.15, 0.2) is 54.9 Å². The number of ether oxygens (including phenoxy) is 1. The SMILES string of the molecule is CC1(CC=Cc2cncc(Oc3ccccc3)c2)CCN1. The van der Waals surface area contributed by atoms with Crippen LogP contribution in [-0.2, 0) is 0 Å². The van der Waals surface area contributed by atoms with Gasteiger partial charge in [-0.05, 0) is 50.1 Å². The van der Waals surface area contributed by atoms with Crippen molar-refractivity contribution in [1.82, 2.24) is 10.3 Å². The summed E-state index contributed by atoms with van der Waals surface area (Å²) in [6.45, 7) is 3.39. The van der Waals surface area contributed by atoms with Gasteiger partial charge in [-0.3, -0.25) is 4.98 Å². The average Bonchev–Trinajstić information content (AvgIpc) is 2.47. The Hall–Kier alpha value is -2.13. The maximum absolute atomic E-state index is 5.79. The van der Waals surface area contributed by atoms with Crippen LogP contribution < -0.4 is 10.1 Å². The minimum atomic E-state index is 0.280. The zero-order valence-corrected chi connectivity index (χ0v) is 12.3. The first-order valence-corrected chi connectivity index (χ1v) is 7.33. The van der Waals surface area contributed by atoms with Crippen molar-refractivity contribution in [2.75, 3.05) is 6.54 Å². The number of rotatable bonds is 5. The number of pyridine rings is 1. The van der Waals surface area contributed by atoms with Crippen LogP contribution in [0.4, 0.5) is 0 Å². The van der Waals surface area contributed by atoms with Crippen molar-refractivity contribution in [1.29, 1.82) is 0 Å². The van der Waals surface area contributed by atoms with E-state index in [1.165, 1.54) is 6.42 Å². The molecule has 0 saturated carbocycles. The second-order valence-electron chi connectivity index (χ2n) is 5.71. The Balaban J connectivity index is 1.64. The van der Waals surface area contributed by atoms with Gasteiger partial charge in [-0.15, -0.1) is 0 Å². The number of aromatic nitrogens is 1. The van der Waals surface area contributed by atoms with Crippen molar-refractivity contribution in [3.63, 3.8) is 0 Å². The fraction of sp³-hybridized carbons (Fsp3) is 0.278. The molecule has 1 atom stereocenters. The fourth-order valence-corrected chi connectivity index (χ4v) is 2.39. The number of hydrogen-bond donors (Lipinski definition) is 1. The van der Waals surface area contributed by atoms with Gasteiger partial charge in [0.15, 0.2) is 0 Å². The highest BCUT2D eigenvalue weighted by atomic mass is 16.5. The Labute approximate surface area is 125 Å². The standard InChI is InChI=1S/C18H20N2O/c1-18(10-11-20-18)9-5-6-15-12-17(14-19-13-15)21-16-7-3-2-4-8-16/h2-8,12-14,20H,9-11H2,1H3. The Morgan fingerprint density at radius 3 is 2.76 bits per heavy atom. The Morgan fingerprint density at radius 1 is 1.24 bits per heavy atom. The van der Waals surface area contributed by atoms with Crippen LogP contribution in [0, 0.1) is 0 Å². The van der Waals surface area contributed by atoms with E-state index in [0.29, 0.717) is 0 Å². The van der Waals surface area contributed by atoms with Gasteiger partial charge in [0, 0.05) is 11.7 Å². The van der Waals surface area contributed by atoms with Crippen LogP contribution in [0.3, 0.4) is 0 Å². The molecule has 1 N–H and O–H groups in total. The van der Waals surface area contributed by atoms with Gasteiger partial charge >= 0.3 is 0 Å². The molecule has 108 valence electrons. The lowest BCUT2D eigenvalue weighted by atomic mass is 9.86. The van der Waals surface area contributed by atoms with E-state index in [0.717, 1.165) is 30.0 Å². The van der Waals surface area contributed by atoms with Gasteiger partial charge in [-0.25, -0.2) is 0 Å². The Kier molecular flexibility index (Phi) is 4.02. The van der Waals surface area contributed by atoms with E-state index in [2.05, 4.69) is 29.4 Å². The summed E-state index contributed by atoms with van der Waals surface area (Å²) in [5, 5.41) is 3.46. The van der Waals surface area contributed by atoms with Crippen LogP contribution in [0.1, 0.15) is 25.3 Å². The van der Waals surface area contributed by atoms with E-state index in [1.807, 2.05) is 42.6 Å². The molecular weight excluding hydrogens is 260 g/mol. The summed E-state index contributed by atoms with van der Waals surface area (Å²) < 4.78 is 5.79. The molecule has 1 aliphatic rings. The fourth-order valence-electron chi connectivity index (χ4n) is 2.39. The third-order valence-electron chi connectivity index (χ3n) is 3.82. The first-order chi connectivity index (χ1) is 10.2. The largest absolute Gasteiger partial charge is 0.456 e. The first kappa shape index (κ1) is 13.8. The maximum Gasteiger partial charge on any atom is 0.146 e. The van der Waals surface area contributed by atoms with Gasteiger partial charge < -0.3 is 10.1 Å². The monoisotopic (exact) mass is 280 g/mol. The number of benzene rings is 1. The van der Waals surface area contributed by atoms with Crippen molar-refractivity contribution in [3.8, 4) is 11.5 Å².